The number of aromatic hydroxyl groups is 3. The van der Waals surface area contributed by atoms with E-state index in [1.54, 1.807) is 24.5 Å². The second kappa shape index (κ2) is 19.2. The van der Waals surface area contributed by atoms with E-state index < -0.39 is 138 Å². The quantitative estimate of drug-likeness (QED) is 0.0304. The molecule has 1 saturated carbocycles. The Morgan fingerprint density at radius 2 is 1.69 bits per heavy atom. The number of aliphatic carboxylic acids is 1. The fourth-order valence-electron chi connectivity index (χ4n) is 12.3. The van der Waals surface area contributed by atoms with Gasteiger partial charge in [0.05, 0.1) is 12.6 Å². The van der Waals surface area contributed by atoms with Crippen LogP contribution in [0, 0.1) is 17.8 Å². The molecule has 11 rings (SSSR count). The van der Waals surface area contributed by atoms with Gasteiger partial charge in [-0.05, 0) is 79.4 Å². The van der Waals surface area contributed by atoms with Crippen molar-refractivity contribution in [3.05, 3.63) is 105 Å². The number of aliphatic hydroxyl groups is 9. The lowest BCUT2D eigenvalue weighted by Gasteiger charge is -2.55. The van der Waals surface area contributed by atoms with E-state index in [0.717, 1.165) is 43.4 Å². The highest BCUT2D eigenvalue weighted by Gasteiger charge is 2.75. The highest BCUT2D eigenvalue weighted by molar-refractivity contribution is 5.90. The van der Waals surface area contributed by atoms with Gasteiger partial charge in [-0.3, -0.25) is 10.1 Å². The molecule has 2 aromatic carbocycles. The highest BCUT2D eigenvalue weighted by Crippen LogP contribution is 2.55. The van der Waals surface area contributed by atoms with Crippen LogP contribution < -0.4 is 20.8 Å². The fraction of sp³-hybridized carbons (Fsp3) is 0.463. The topological polar surface area (TPSA) is 404 Å². The number of H-pyrrole nitrogens is 1. The van der Waals surface area contributed by atoms with Gasteiger partial charge < -0.3 is 100 Å². The maximum Gasteiger partial charge on any atom is 0.354 e. The summed E-state index contributed by atoms with van der Waals surface area (Å²) in [6.45, 7) is -1.16. The lowest BCUT2D eigenvalue weighted by Crippen LogP contribution is -2.79. The summed E-state index contributed by atoms with van der Waals surface area (Å²) >= 11 is 0. The van der Waals surface area contributed by atoms with Gasteiger partial charge in [-0.15, -0.1) is 0 Å². The number of hydrogen-bond donors (Lipinski definition) is 16. The van der Waals surface area contributed by atoms with Crippen LogP contribution in [0.5, 0.6) is 23.0 Å². The van der Waals surface area contributed by atoms with Gasteiger partial charge in [0.2, 0.25) is 17.2 Å². The van der Waals surface area contributed by atoms with E-state index in [9.17, 15) is 76.0 Å². The number of rotatable bonds is 10. The number of carboxylic acids is 1. The second-order valence-corrected chi connectivity index (χ2v) is 21.0. The van der Waals surface area contributed by atoms with Gasteiger partial charge in [-0.2, -0.15) is 0 Å². The molecular formula is C54H57N3O21. The molecule has 0 amide bonds. The molecule has 7 aliphatic rings. The predicted octanol–water partition coefficient (Wildman–Crippen LogP) is -0.790. The van der Waals surface area contributed by atoms with E-state index in [-0.39, 0.29) is 70.0 Å². The third-order valence-electron chi connectivity index (χ3n) is 16.3. The molecule has 414 valence electrons. The summed E-state index contributed by atoms with van der Waals surface area (Å²) in [5.74, 6) is -13.4. The number of carboxylic acid groups (broad SMARTS) is 1. The molecule has 4 bridgehead atoms. The summed E-state index contributed by atoms with van der Waals surface area (Å²) in [4.78, 5) is 46.0. The molecule has 2 spiro atoms. The van der Waals surface area contributed by atoms with Crippen LogP contribution in [0.2, 0.25) is 0 Å². The van der Waals surface area contributed by atoms with E-state index in [4.69, 9.17) is 23.4 Å². The van der Waals surface area contributed by atoms with Crippen molar-refractivity contribution >= 4 is 22.9 Å². The molecule has 4 aromatic rings. The number of fused-ring (bicyclic) bond motifs is 8. The summed E-state index contributed by atoms with van der Waals surface area (Å²) < 4.78 is 31.4. The monoisotopic (exact) mass is 1080 g/mol. The first kappa shape index (κ1) is 53.2. The second-order valence-electron chi connectivity index (χ2n) is 21.0. The summed E-state index contributed by atoms with van der Waals surface area (Å²) in [6.07, 6.45) is -6.15. The minimum Gasteiger partial charge on any atom is -0.507 e. The number of allylic oxidation sites excluding steroid dienone is 3. The molecule has 78 heavy (non-hydrogen) atoms. The van der Waals surface area contributed by atoms with Crippen molar-refractivity contribution < 1.29 is 99.3 Å². The molecule has 13 atom stereocenters. The number of dihydropyridines is 1. The number of phenols is 3. The number of hydrogen-bond acceptors (Lipinski definition) is 22. The molecule has 1 aliphatic carbocycles. The number of aromatic nitrogens is 1. The first-order valence-electron chi connectivity index (χ1n) is 25.4. The van der Waals surface area contributed by atoms with Crippen molar-refractivity contribution in [2.45, 2.75) is 135 Å². The number of carbonyl (C=O) groups is 2. The van der Waals surface area contributed by atoms with Crippen LogP contribution in [0.25, 0.3) is 22.3 Å². The largest absolute Gasteiger partial charge is 0.507 e. The zero-order valence-corrected chi connectivity index (χ0v) is 41.3. The molecule has 0 radical (unpaired) electrons. The van der Waals surface area contributed by atoms with Crippen LogP contribution in [0.1, 0.15) is 67.7 Å². The average molecular weight is 1080 g/mol. The van der Waals surface area contributed by atoms with Crippen molar-refractivity contribution in [3.8, 4) is 46.2 Å². The Morgan fingerprint density at radius 3 is 2.42 bits per heavy atom. The summed E-state index contributed by atoms with van der Waals surface area (Å²) in [6, 6.07) is 8.20. The number of nitrogens with one attached hydrogen (secondary N) is 3. The van der Waals surface area contributed by atoms with Crippen molar-refractivity contribution in [3.63, 3.8) is 0 Å². The molecule has 16 N–H and O–H groups in total. The van der Waals surface area contributed by atoms with Crippen molar-refractivity contribution in [1.82, 2.24) is 15.6 Å². The number of ether oxygens (including phenoxy) is 4. The van der Waals surface area contributed by atoms with E-state index in [2.05, 4.69) is 21.5 Å². The Morgan fingerprint density at radius 1 is 0.897 bits per heavy atom. The van der Waals surface area contributed by atoms with Crippen LogP contribution in [0.4, 0.5) is 0 Å². The zero-order chi connectivity index (χ0) is 55.4. The summed E-state index contributed by atoms with van der Waals surface area (Å²) in [5.41, 5.74) is -6.30. The SMILES string of the molecule is O=C1O[C@@]2(CCCO)O[C@@](C(=O)O)(C#CC[C@@]13O[C@]1(Oc4cc5oc(-c6cc(O)c(O)c(CCO)c6)cc(=O)c5c(O)c4[C@H](C4=CNC5N[C@@H]6CCC[C@@H](C6)C5=C4)C=C1Cc1ccc[nH]1)[C@H](O)[C@@H](O)[C@@H]3O)C(O)(O)[C@H](O)[C@H]2O. The van der Waals surface area contributed by atoms with Crippen molar-refractivity contribution in [2.24, 2.45) is 5.92 Å². The normalized spacial score (nSPS) is 34.7. The van der Waals surface area contributed by atoms with Gasteiger partial charge in [-0.1, -0.05) is 24.5 Å². The van der Waals surface area contributed by atoms with Crippen LogP contribution in [-0.4, -0.2) is 168 Å². The third kappa shape index (κ3) is 8.02. The Kier molecular flexibility index (Phi) is 13.1. The van der Waals surface area contributed by atoms with Gasteiger partial charge >= 0.3 is 11.9 Å². The Balaban J connectivity index is 1.16. The smallest absolute Gasteiger partial charge is 0.354 e. The Hall–Kier alpha value is -6.83. The maximum atomic E-state index is 15.4. The van der Waals surface area contributed by atoms with Gasteiger partial charge in [-0.25, -0.2) is 9.59 Å². The molecule has 2 aromatic heterocycles. The predicted molar refractivity (Wildman–Crippen MR) is 264 cm³/mol. The van der Waals surface area contributed by atoms with E-state index >= 15 is 4.79 Å². The standard InChI is InChI=1S/C54H57N3O21/c58-13-4-11-52-45(67)46(68)54(72,73)51(78-52,48(69)70)10-3-9-50(49(71)76-52)43(65)42(64)44(66)53(77-50)28(19-29-7-2-12-55-29)20-31(27-17-32-24-5-1-6-30(16-24)57-47(32)56-23-27)38-37(75-53)22-36-39(41(38)63)33(60)21-35(74-36)26-15-25(8-14-59)40(62)34(61)18-26/h2,7,12,15,17-18,20-24,30-31,42-47,55-59,61-68,72-73H,1,4-6,8-9,11,13-14,16,19H2,(H,69,70)/t24-,30+,31-,42-,43-,44+,45+,46+,47?,50-,51+,52-,53-/m0/s1. The molecular weight excluding hydrogens is 1030 g/mol. The molecule has 1 unspecified atom stereocenters. The van der Waals surface area contributed by atoms with Gasteiger partial charge in [0.25, 0.3) is 11.4 Å². The average Bonchev–Trinajstić information content (AvgIpc) is 4.08. The third-order valence-corrected chi connectivity index (χ3v) is 16.3. The summed E-state index contributed by atoms with van der Waals surface area (Å²) in [7, 11) is 0. The van der Waals surface area contributed by atoms with Crippen LogP contribution >= 0.6 is 0 Å². The highest BCUT2D eigenvalue weighted by atomic mass is 16.8. The Bertz CT molecular complexity index is 3320. The number of esters is 1. The molecule has 4 fully saturated rings. The molecule has 24 nitrogen and oxygen atoms in total. The lowest BCUT2D eigenvalue weighted by atomic mass is 9.74. The number of benzene rings is 2. The number of phenolic OH excluding ortho intramolecular Hbond substituents is 3. The molecule has 24 heteroatoms. The van der Waals surface area contributed by atoms with Gasteiger partial charge in [0.15, 0.2) is 29.1 Å². The maximum absolute atomic E-state index is 15.4. The first-order chi connectivity index (χ1) is 37.1. The first-order valence-corrected chi connectivity index (χ1v) is 25.4. The van der Waals surface area contributed by atoms with Crippen LogP contribution in [0.3, 0.4) is 0 Å². The van der Waals surface area contributed by atoms with Crippen LogP contribution in [0.15, 0.2) is 86.9 Å². The molecule has 8 heterocycles. The number of carbonyl (C=O) groups excluding carboxylic acids is 1. The Labute approximate surface area is 441 Å². The number of aliphatic hydroxyl groups excluding tert-OH is 7. The zero-order valence-electron chi connectivity index (χ0n) is 41.3. The molecule has 6 aliphatic heterocycles. The lowest BCUT2D eigenvalue weighted by molar-refractivity contribution is -0.430. The molecule has 3 saturated heterocycles. The number of piperidine rings is 1. The summed E-state index contributed by atoms with van der Waals surface area (Å²) in [5, 5.41) is 153. The van der Waals surface area contributed by atoms with E-state index in [0.29, 0.717) is 11.3 Å². The van der Waals surface area contributed by atoms with Gasteiger partial charge in [0.1, 0.15) is 46.5 Å². The van der Waals surface area contributed by atoms with Gasteiger partial charge in [0, 0.05) is 90.5 Å². The fourth-order valence-corrected chi connectivity index (χ4v) is 12.3. The van der Waals surface area contributed by atoms with E-state index in [1.807, 2.05) is 12.0 Å². The van der Waals surface area contributed by atoms with E-state index in [1.165, 1.54) is 18.2 Å². The van der Waals surface area contributed by atoms with Crippen molar-refractivity contribution in [2.75, 3.05) is 13.2 Å². The van der Waals surface area contributed by atoms with Crippen molar-refractivity contribution in [1.29, 1.82) is 0 Å². The number of aromatic amines is 1. The minimum absolute atomic E-state index is 0.0510. The minimum atomic E-state index is -3.95. The van der Waals surface area contributed by atoms with Crippen LogP contribution in [-0.2, 0) is 36.6 Å².